The van der Waals surface area contributed by atoms with E-state index in [1.807, 2.05) is 11.8 Å². The van der Waals surface area contributed by atoms with Crippen molar-refractivity contribution in [3.05, 3.63) is 360 Å². The summed E-state index contributed by atoms with van der Waals surface area (Å²) in [6, 6.07) is 119. The van der Waals surface area contributed by atoms with Crippen LogP contribution in [0, 0.1) is 13.8 Å². The maximum Gasteiger partial charge on any atom is 0.137 e. The Morgan fingerprint density at radius 1 is 0.281 bits per heavy atom. The molecular formula is C107H80N4OSSe. The third-order valence-electron chi connectivity index (χ3n) is 26.3. The second kappa shape index (κ2) is 24.8. The Morgan fingerprint density at radius 2 is 0.711 bits per heavy atom. The Morgan fingerprint density at radius 3 is 1.29 bits per heavy atom. The van der Waals surface area contributed by atoms with Gasteiger partial charge in [0.25, 0.3) is 0 Å². The third-order valence-corrected chi connectivity index (χ3v) is 29.8. The molecule has 1 aliphatic carbocycles. The number of furan rings is 1. The second-order valence-electron chi connectivity index (χ2n) is 32.9. The fourth-order valence-corrected chi connectivity index (χ4v) is 24.2. The van der Waals surface area contributed by atoms with Gasteiger partial charge in [-0.1, -0.05) is 192 Å². The number of rotatable bonds is 6. The van der Waals surface area contributed by atoms with Gasteiger partial charge in [-0.05, 0) is 144 Å². The standard InChI is InChI=1S/C58H44N2Se.C49H36N2OS/c1-5-58(6-2)43-22-8-7-17-35(43)42-33-46-52(34-45(42)58)59(49-24-10-9-23-44(49)57(46,3)4)47-31-29-38-37-19-16-21-41-48(32-30-39(56(37)41)36-18-15-20-40(47)55(36)38)60-50-25-11-13-27-53(50)61-54-28-14-12-26-51(54)60;1-29-22-24-33-35(25-29)47(32-23-21-30(2)26-36(32)48(33)51-40-16-8-11-19-45(40)53-46-20-12-9-17-41(46)51)50-39-15-7-6-14-37(39)49(3,4)38-27-34-31-13-5-10-18-43(31)52-44(34)28-42(38)50/h7-34H,5-6H2,1-4H3;5-28H,1-4H3. The van der Waals surface area contributed by atoms with Crippen LogP contribution in [0.5, 0.6) is 0 Å². The molecule has 0 spiro atoms. The van der Waals surface area contributed by atoms with Gasteiger partial charge in [0, 0.05) is 64.4 Å². The minimum atomic E-state index is -0.244. The van der Waals surface area contributed by atoms with Gasteiger partial charge < -0.3 is 14.2 Å². The number of nitrogens with zero attached hydrogens (tertiary/aromatic N) is 4. The van der Waals surface area contributed by atoms with Crippen LogP contribution >= 0.6 is 11.8 Å². The quantitative estimate of drug-likeness (QED) is 0.0935. The van der Waals surface area contributed by atoms with Crippen LogP contribution < -0.4 is 28.5 Å². The Balaban J connectivity index is 0.000000137. The number of aryl methyl sites for hydroxylation is 2. The Kier molecular flexibility index (Phi) is 14.7. The van der Waals surface area contributed by atoms with Gasteiger partial charge in [-0.15, -0.1) is 0 Å². The summed E-state index contributed by atoms with van der Waals surface area (Å²) in [5, 5.41) is 17.6. The van der Waals surface area contributed by atoms with Crippen molar-refractivity contribution < 1.29 is 4.42 Å². The van der Waals surface area contributed by atoms with E-state index in [0.29, 0.717) is 0 Å². The van der Waals surface area contributed by atoms with Crippen LogP contribution in [0.1, 0.15) is 98.9 Å². The van der Waals surface area contributed by atoms with Crippen molar-refractivity contribution in [3.8, 4) is 11.1 Å². The first-order valence-corrected chi connectivity index (χ1v) is 42.8. The van der Waals surface area contributed by atoms with E-state index in [0.717, 1.165) is 40.5 Å². The van der Waals surface area contributed by atoms with E-state index < -0.39 is 0 Å². The Bertz CT molecular complexity index is 7250. The van der Waals surface area contributed by atoms with Gasteiger partial charge in [-0.25, -0.2) is 0 Å². The molecule has 546 valence electrons. The molecule has 0 unspecified atom stereocenters. The van der Waals surface area contributed by atoms with Crippen molar-refractivity contribution in [3.63, 3.8) is 0 Å². The predicted molar refractivity (Wildman–Crippen MR) is 485 cm³/mol. The summed E-state index contributed by atoms with van der Waals surface area (Å²) in [7, 11) is 0. The molecule has 0 radical (unpaired) electrons. The van der Waals surface area contributed by atoms with Crippen molar-refractivity contribution in [2.24, 2.45) is 0 Å². The van der Waals surface area contributed by atoms with E-state index in [2.05, 4.69) is 390 Å². The van der Waals surface area contributed by atoms with Crippen LogP contribution in [0.3, 0.4) is 0 Å². The normalized spacial score (nSPS) is 15.0. The molecule has 0 fully saturated rings. The van der Waals surface area contributed by atoms with Crippen molar-refractivity contribution in [1.82, 2.24) is 0 Å². The summed E-state index contributed by atoms with van der Waals surface area (Å²) < 4.78 is 9.44. The van der Waals surface area contributed by atoms with Crippen LogP contribution in [0.25, 0.3) is 97.7 Å². The zero-order valence-corrected chi connectivity index (χ0v) is 67.5. The molecule has 4 aliphatic heterocycles. The summed E-state index contributed by atoms with van der Waals surface area (Å²) >= 11 is 2.11. The number of hydrogen-bond acceptors (Lipinski definition) is 6. The Hall–Kier alpha value is -12.4. The SMILES string of the molecule is CCC1(CC)c2ccccc2-c2cc3c(cc21)N(c1ccc2c4cccc5c(N6c7ccccc7[Se]c7ccccc76)ccc(c6cccc1c62)c54)c1ccccc1C3(C)C.Cc1ccc2c(N3c4ccccc4C(C)(C)c4cc5c(cc43)oc3ccccc35)c3cc(C)ccc3c(N3c4ccccc4Sc4ccccc43)c2c1. The summed E-state index contributed by atoms with van der Waals surface area (Å²) in [6.45, 7) is 18.8. The fourth-order valence-electron chi connectivity index (χ4n) is 20.9. The summed E-state index contributed by atoms with van der Waals surface area (Å²) in [5.41, 5.74) is 29.7. The average Bonchev–Trinajstić information content (AvgIpc) is 0.965. The van der Waals surface area contributed by atoms with Gasteiger partial charge in [-0.2, -0.15) is 0 Å². The fraction of sp³-hybridized carbons (Fsp3) is 0.121. The van der Waals surface area contributed by atoms with E-state index in [-0.39, 0.29) is 31.2 Å². The summed E-state index contributed by atoms with van der Waals surface area (Å²) in [6.07, 6.45) is 2.13. The van der Waals surface area contributed by atoms with E-state index in [4.69, 9.17) is 4.42 Å². The number of para-hydroxylation sites is 7. The number of hydrogen-bond donors (Lipinski definition) is 0. The van der Waals surface area contributed by atoms with E-state index in [1.54, 1.807) is 0 Å². The zero-order valence-electron chi connectivity index (χ0n) is 65.0. The monoisotopic (exact) mass is 1550 g/mol. The molecule has 5 nitrogen and oxygen atoms in total. The molecule has 0 atom stereocenters. The van der Waals surface area contributed by atoms with Crippen molar-refractivity contribution >= 4 is 190 Å². The molecule has 7 heteroatoms. The molecule has 0 bridgehead atoms. The minimum absolute atomic E-state index is 0.0197. The van der Waals surface area contributed by atoms with E-state index in [1.165, 1.54) is 202 Å². The van der Waals surface area contributed by atoms with Crippen LogP contribution in [0.4, 0.5) is 68.2 Å². The molecule has 0 N–H and O–H groups in total. The van der Waals surface area contributed by atoms with E-state index in [9.17, 15) is 0 Å². The van der Waals surface area contributed by atoms with Crippen LogP contribution in [0.2, 0.25) is 0 Å². The first kappa shape index (κ1) is 67.4. The predicted octanol–water partition coefficient (Wildman–Crippen LogP) is 28.9. The maximum absolute atomic E-state index is 6.60. The average molecular weight is 1550 g/mol. The number of anilines is 12. The van der Waals surface area contributed by atoms with E-state index >= 15 is 0 Å². The van der Waals surface area contributed by atoms with Gasteiger partial charge in [0.15, 0.2) is 0 Å². The van der Waals surface area contributed by atoms with Crippen LogP contribution in [-0.4, -0.2) is 15.0 Å². The number of fused-ring (bicyclic) bond motifs is 18. The molecule has 114 heavy (non-hydrogen) atoms. The van der Waals surface area contributed by atoms with Gasteiger partial charge in [0.05, 0.1) is 45.5 Å². The van der Waals surface area contributed by atoms with Crippen molar-refractivity contribution in [1.29, 1.82) is 0 Å². The summed E-state index contributed by atoms with van der Waals surface area (Å²) in [4.78, 5) is 12.7. The zero-order chi connectivity index (χ0) is 76.4. The first-order chi connectivity index (χ1) is 55.8. The molecular weight excluding hydrogens is 1470 g/mol. The van der Waals surface area contributed by atoms with Crippen LogP contribution in [-0.2, 0) is 16.2 Å². The van der Waals surface area contributed by atoms with Crippen molar-refractivity contribution in [2.75, 3.05) is 19.6 Å². The van der Waals surface area contributed by atoms with Gasteiger partial charge >= 0.3 is 209 Å². The largest absolute Gasteiger partial charge is 0.456 e. The third kappa shape index (κ3) is 9.37. The maximum atomic E-state index is 6.60. The molecule has 5 aliphatic rings. The van der Waals surface area contributed by atoms with Crippen molar-refractivity contribution in [2.45, 2.75) is 94.3 Å². The summed E-state index contributed by atoms with van der Waals surface area (Å²) in [5.74, 6) is 0. The molecule has 19 aromatic rings. The Labute approximate surface area is 674 Å². The second-order valence-corrected chi connectivity index (χ2v) is 36.3. The van der Waals surface area contributed by atoms with Gasteiger partial charge in [0.2, 0.25) is 0 Å². The van der Waals surface area contributed by atoms with Gasteiger partial charge in [-0.3, -0.25) is 0 Å². The van der Waals surface area contributed by atoms with Gasteiger partial charge in [0.1, 0.15) is 11.2 Å². The smallest absolute Gasteiger partial charge is 0.137 e. The minimum Gasteiger partial charge on any atom is -0.456 e. The molecule has 0 saturated carbocycles. The molecule has 5 heterocycles. The molecule has 18 aromatic carbocycles. The molecule has 0 amide bonds. The molecule has 1 aromatic heterocycles. The van der Waals surface area contributed by atoms with Crippen LogP contribution in [0.15, 0.2) is 330 Å². The molecule has 24 rings (SSSR count). The first-order valence-electron chi connectivity index (χ1n) is 40.2. The number of benzene rings is 18. The topological polar surface area (TPSA) is 26.1 Å². The molecule has 0 saturated heterocycles.